The molecule has 1 saturated heterocycles. The largest absolute Gasteiger partial charge is 0.311 e. The Morgan fingerprint density at radius 1 is 1.29 bits per heavy atom. The Morgan fingerprint density at radius 2 is 2.10 bits per heavy atom. The van der Waals surface area contributed by atoms with E-state index >= 15 is 0 Å². The van der Waals surface area contributed by atoms with Crippen molar-refractivity contribution < 1.29 is 0 Å². The number of piperazine rings is 1. The van der Waals surface area contributed by atoms with Gasteiger partial charge in [0.2, 0.25) is 0 Å². The van der Waals surface area contributed by atoms with Crippen LogP contribution in [-0.2, 0) is 6.54 Å². The molecular weight excluding hydrogens is 303 g/mol. The molecule has 2 nitrogen and oxygen atoms in total. The molecule has 0 aromatic heterocycles. The fourth-order valence-corrected chi connectivity index (χ4v) is 3.84. The van der Waals surface area contributed by atoms with E-state index in [1.807, 2.05) is 12.1 Å². The Balaban J connectivity index is 1.73. The van der Waals surface area contributed by atoms with E-state index in [0.717, 1.165) is 36.1 Å². The van der Waals surface area contributed by atoms with Gasteiger partial charge in [-0.15, -0.1) is 0 Å². The average molecular weight is 327 g/mol. The SMILES string of the molecule is CCCC1CN(Cc2cccc(Cl)c2Cl)C(C2CC2)CN1. The Hall–Kier alpha value is -0.280. The van der Waals surface area contributed by atoms with Gasteiger partial charge in [0, 0.05) is 31.7 Å². The maximum atomic E-state index is 6.38. The van der Waals surface area contributed by atoms with Crippen LogP contribution in [0.5, 0.6) is 0 Å². The van der Waals surface area contributed by atoms with Crippen LogP contribution in [0.4, 0.5) is 0 Å². The highest BCUT2D eigenvalue weighted by Crippen LogP contribution is 2.37. The van der Waals surface area contributed by atoms with E-state index in [-0.39, 0.29) is 0 Å². The summed E-state index contributed by atoms with van der Waals surface area (Å²) in [6, 6.07) is 7.25. The lowest BCUT2D eigenvalue weighted by atomic mass is 10.0. The average Bonchev–Trinajstić information content (AvgIpc) is 3.29. The van der Waals surface area contributed by atoms with Gasteiger partial charge in [0.05, 0.1) is 10.0 Å². The first-order valence-corrected chi connectivity index (χ1v) is 8.85. The van der Waals surface area contributed by atoms with Crippen LogP contribution < -0.4 is 5.32 Å². The first-order valence-electron chi connectivity index (χ1n) is 8.09. The molecule has 3 rings (SSSR count). The first kappa shape index (κ1) is 15.6. The van der Waals surface area contributed by atoms with E-state index in [9.17, 15) is 0 Å². The van der Waals surface area contributed by atoms with Gasteiger partial charge in [0.1, 0.15) is 0 Å². The standard InChI is InChI=1S/C17H24Cl2N2/c1-2-4-14-11-21(16(9-20-14)12-7-8-12)10-13-5-3-6-15(18)17(13)19/h3,5-6,12,14,16,20H,2,4,7-11H2,1H3. The van der Waals surface area contributed by atoms with Crippen molar-refractivity contribution in [3.05, 3.63) is 33.8 Å². The molecule has 2 unspecified atom stereocenters. The molecule has 1 aliphatic carbocycles. The molecule has 4 heteroatoms. The van der Waals surface area contributed by atoms with Gasteiger partial charge >= 0.3 is 0 Å². The predicted molar refractivity (Wildman–Crippen MR) is 90.1 cm³/mol. The fourth-order valence-electron chi connectivity index (χ4n) is 3.46. The molecule has 21 heavy (non-hydrogen) atoms. The van der Waals surface area contributed by atoms with E-state index in [2.05, 4.69) is 23.2 Å². The van der Waals surface area contributed by atoms with Crippen molar-refractivity contribution in [3.63, 3.8) is 0 Å². The van der Waals surface area contributed by atoms with E-state index in [4.69, 9.17) is 23.2 Å². The molecule has 1 aliphatic heterocycles. The Labute approximate surface area is 137 Å². The van der Waals surface area contributed by atoms with Crippen LogP contribution in [0.15, 0.2) is 18.2 Å². The van der Waals surface area contributed by atoms with Gasteiger partial charge in [-0.3, -0.25) is 4.90 Å². The number of hydrogen-bond donors (Lipinski definition) is 1. The van der Waals surface area contributed by atoms with E-state index in [1.54, 1.807) is 0 Å². The number of halogens is 2. The zero-order chi connectivity index (χ0) is 14.8. The van der Waals surface area contributed by atoms with E-state index < -0.39 is 0 Å². The Kier molecular flexibility index (Phi) is 5.11. The van der Waals surface area contributed by atoms with Crippen molar-refractivity contribution in [3.8, 4) is 0 Å². The number of benzene rings is 1. The molecule has 1 heterocycles. The Bertz CT molecular complexity index is 488. The van der Waals surface area contributed by atoms with Crippen molar-refractivity contribution in [2.24, 2.45) is 5.92 Å². The monoisotopic (exact) mass is 326 g/mol. The van der Waals surface area contributed by atoms with Gasteiger partial charge in [-0.05, 0) is 36.8 Å². The van der Waals surface area contributed by atoms with Gasteiger partial charge in [0.25, 0.3) is 0 Å². The highest BCUT2D eigenvalue weighted by Gasteiger charge is 2.38. The van der Waals surface area contributed by atoms with Crippen LogP contribution in [-0.4, -0.2) is 30.1 Å². The first-order chi connectivity index (χ1) is 10.2. The molecule has 116 valence electrons. The summed E-state index contributed by atoms with van der Waals surface area (Å²) in [5.74, 6) is 0.873. The van der Waals surface area contributed by atoms with Crippen molar-refractivity contribution in [1.82, 2.24) is 10.2 Å². The minimum absolute atomic E-state index is 0.614. The zero-order valence-corrected chi connectivity index (χ0v) is 14.1. The number of hydrogen-bond acceptors (Lipinski definition) is 2. The number of nitrogens with one attached hydrogen (secondary N) is 1. The van der Waals surface area contributed by atoms with Gasteiger partial charge < -0.3 is 5.32 Å². The topological polar surface area (TPSA) is 15.3 Å². The van der Waals surface area contributed by atoms with Gasteiger partial charge in [-0.2, -0.15) is 0 Å². The number of nitrogens with zero attached hydrogens (tertiary/aromatic N) is 1. The maximum Gasteiger partial charge on any atom is 0.0637 e. The smallest absolute Gasteiger partial charge is 0.0637 e. The fraction of sp³-hybridized carbons (Fsp3) is 0.647. The van der Waals surface area contributed by atoms with Gasteiger partial charge in [-0.1, -0.05) is 48.7 Å². The molecule has 0 amide bonds. The minimum Gasteiger partial charge on any atom is -0.311 e. The lowest BCUT2D eigenvalue weighted by molar-refractivity contribution is 0.104. The summed E-state index contributed by atoms with van der Waals surface area (Å²) in [5.41, 5.74) is 1.16. The molecule has 1 N–H and O–H groups in total. The predicted octanol–water partition coefficient (Wildman–Crippen LogP) is 4.35. The molecule has 2 aliphatic rings. The van der Waals surface area contributed by atoms with Crippen LogP contribution in [0.2, 0.25) is 10.0 Å². The van der Waals surface area contributed by atoms with Crippen LogP contribution in [0, 0.1) is 5.92 Å². The van der Waals surface area contributed by atoms with Crippen molar-refractivity contribution in [2.75, 3.05) is 13.1 Å². The second kappa shape index (κ2) is 6.87. The molecule has 0 radical (unpaired) electrons. The lowest BCUT2D eigenvalue weighted by Crippen LogP contribution is -2.56. The van der Waals surface area contributed by atoms with Crippen LogP contribution in [0.25, 0.3) is 0 Å². The molecular formula is C17H24Cl2N2. The second-order valence-corrected chi connectivity index (χ2v) is 7.23. The third kappa shape index (κ3) is 3.73. The molecule has 2 fully saturated rings. The quantitative estimate of drug-likeness (QED) is 0.865. The van der Waals surface area contributed by atoms with Crippen LogP contribution in [0.3, 0.4) is 0 Å². The summed E-state index contributed by atoms with van der Waals surface area (Å²) in [5, 5.41) is 5.12. The molecule has 1 aromatic rings. The second-order valence-electron chi connectivity index (χ2n) is 6.44. The Morgan fingerprint density at radius 3 is 2.81 bits per heavy atom. The van der Waals surface area contributed by atoms with Crippen LogP contribution >= 0.6 is 23.2 Å². The van der Waals surface area contributed by atoms with Gasteiger partial charge in [-0.25, -0.2) is 0 Å². The van der Waals surface area contributed by atoms with Crippen molar-refractivity contribution >= 4 is 23.2 Å². The molecule has 2 atom stereocenters. The summed E-state index contributed by atoms with van der Waals surface area (Å²) in [6.07, 6.45) is 5.24. The third-order valence-electron chi connectivity index (χ3n) is 4.75. The minimum atomic E-state index is 0.614. The number of rotatable bonds is 5. The summed E-state index contributed by atoms with van der Waals surface area (Å²) < 4.78 is 0. The van der Waals surface area contributed by atoms with E-state index in [1.165, 1.54) is 25.7 Å². The molecule has 0 spiro atoms. The summed E-state index contributed by atoms with van der Waals surface area (Å²) in [4.78, 5) is 2.63. The summed E-state index contributed by atoms with van der Waals surface area (Å²) in [7, 11) is 0. The third-order valence-corrected chi connectivity index (χ3v) is 5.61. The summed E-state index contributed by atoms with van der Waals surface area (Å²) in [6.45, 7) is 5.42. The molecule has 0 bridgehead atoms. The van der Waals surface area contributed by atoms with Crippen molar-refractivity contribution in [1.29, 1.82) is 0 Å². The van der Waals surface area contributed by atoms with E-state index in [0.29, 0.717) is 17.1 Å². The molecule has 1 saturated carbocycles. The van der Waals surface area contributed by atoms with Gasteiger partial charge in [0.15, 0.2) is 0 Å². The van der Waals surface area contributed by atoms with Crippen molar-refractivity contribution in [2.45, 2.75) is 51.2 Å². The highest BCUT2D eigenvalue weighted by atomic mass is 35.5. The summed E-state index contributed by atoms with van der Waals surface area (Å²) >= 11 is 12.5. The zero-order valence-electron chi connectivity index (χ0n) is 12.6. The normalized spacial score (nSPS) is 27.0. The highest BCUT2D eigenvalue weighted by molar-refractivity contribution is 6.42. The van der Waals surface area contributed by atoms with Crippen LogP contribution in [0.1, 0.15) is 38.2 Å². The maximum absolute atomic E-state index is 6.38. The molecule has 1 aromatic carbocycles. The lowest BCUT2D eigenvalue weighted by Gasteiger charge is -2.41.